The molecule has 0 fully saturated rings. The van der Waals surface area contributed by atoms with E-state index in [0.29, 0.717) is 36.7 Å². The van der Waals surface area contributed by atoms with Crippen LogP contribution in [0.3, 0.4) is 0 Å². The number of hydrogen-bond donors (Lipinski definition) is 0. The van der Waals surface area contributed by atoms with E-state index in [1.54, 1.807) is 13.0 Å². The molecule has 0 aliphatic rings. The van der Waals surface area contributed by atoms with E-state index < -0.39 is 0 Å². The maximum Gasteiger partial charge on any atom is 0.164 e. The van der Waals surface area contributed by atoms with Crippen LogP contribution in [0.15, 0.2) is 12.1 Å². The van der Waals surface area contributed by atoms with E-state index in [1.807, 2.05) is 20.8 Å². The molecule has 0 aliphatic heterocycles. The molecule has 0 saturated heterocycles. The van der Waals surface area contributed by atoms with Gasteiger partial charge in [0.15, 0.2) is 11.5 Å². The summed E-state index contributed by atoms with van der Waals surface area (Å²) in [4.78, 5) is 0. The van der Waals surface area contributed by atoms with Gasteiger partial charge in [0, 0.05) is 12.0 Å². The van der Waals surface area contributed by atoms with Crippen molar-refractivity contribution < 1.29 is 13.9 Å². The topological polar surface area (TPSA) is 18.5 Å². The monoisotopic (exact) mass is 292 g/mol. The van der Waals surface area contributed by atoms with Crippen LogP contribution in [0, 0.1) is 23.6 Å². The number of benzene rings is 1. The van der Waals surface area contributed by atoms with E-state index in [0.717, 1.165) is 12.8 Å². The van der Waals surface area contributed by atoms with Crippen LogP contribution in [0.1, 0.15) is 46.1 Å². The Kier molecular flexibility index (Phi) is 7.68. The lowest BCUT2D eigenvalue weighted by Crippen LogP contribution is -2.05. The third-order valence-electron chi connectivity index (χ3n) is 2.95. The Bertz CT molecular complexity index is 500. The molecule has 0 aliphatic carbocycles. The molecule has 3 heteroatoms. The summed E-state index contributed by atoms with van der Waals surface area (Å²) in [6.07, 6.45) is 2.35. The van der Waals surface area contributed by atoms with Crippen LogP contribution in [-0.4, -0.2) is 13.2 Å². The van der Waals surface area contributed by atoms with E-state index >= 15 is 0 Å². The van der Waals surface area contributed by atoms with Crippen LogP contribution in [-0.2, 0) is 6.42 Å². The molecule has 1 atom stereocenters. The first-order valence-corrected chi connectivity index (χ1v) is 7.62. The zero-order valence-electron chi connectivity index (χ0n) is 13.5. The highest BCUT2D eigenvalue weighted by atomic mass is 19.1. The molecule has 0 heterocycles. The van der Waals surface area contributed by atoms with Crippen LogP contribution in [0.25, 0.3) is 0 Å². The Morgan fingerprint density at radius 3 is 2.19 bits per heavy atom. The molecule has 1 rings (SSSR count). The van der Waals surface area contributed by atoms with Gasteiger partial charge in [0.25, 0.3) is 0 Å². The molecule has 1 unspecified atom stereocenters. The summed E-state index contributed by atoms with van der Waals surface area (Å²) >= 11 is 0. The van der Waals surface area contributed by atoms with E-state index in [9.17, 15) is 4.39 Å². The summed E-state index contributed by atoms with van der Waals surface area (Å²) in [6, 6.07) is 3.19. The van der Waals surface area contributed by atoms with Crippen LogP contribution < -0.4 is 9.47 Å². The molecule has 0 spiro atoms. The average molecular weight is 292 g/mol. The summed E-state index contributed by atoms with van der Waals surface area (Å²) in [5, 5.41) is 0. The fourth-order valence-corrected chi connectivity index (χ4v) is 2.01. The van der Waals surface area contributed by atoms with Crippen LogP contribution in [0.2, 0.25) is 0 Å². The van der Waals surface area contributed by atoms with Crippen LogP contribution in [0.4, 0.5) is 4.39 Å². The van der Waals surface area contributed by atoms with Gasteiger partial charge in [-0.1, -0.05) is 20.8 Å². The van der Waals surface area contributed by atoms with Crippen molar-refractivity contribution in [1.29, 1.82) is 0 Å². The van der Waals surface area contributed by atoms with Crippen molar-refractivity contribution in [2.45, 2.75) is 47.0 Å². The van der Waals surface area contributed by atoms with Crippen molar-refractivity contribution >= 4 is 0 Å². The van der Waals surface area contributed by atoms with Crippen molar-refractivity contribution in [3.05, 3.63) is 23.5 Å². The summed E-state index contributed by atoms with van der Waals surface area (Å²) < 4.78 is 25.5. The largest absolute Gasteiger partial charge is 0.490 e. The van der Waals surface area contributed by atoms with Gasteiger partial charge in [-0.15, -0.1) is 11.8 Å². The van der Waals surface area contributed by atoms with Gasteiger partial charge in [-0.2, -0.15) is 0 Å². The minimum absolute atomic E-state index is 0.117. The molecule has 0 amide bonds. The smallest absolute Gasteiger partial charge is 0.164 e. The minimum atomic E-state index is -0.255. The summed E-state index contributed by atoms with van der Waals surface area (Å²) in [5.41, 5.74) is 0.625. The highest BCUT2D eigenvalue weighted by Gasteiger charge is 2.14. The second-order valence-corrected chi connectivity index (χ2v) is 5.09. The zero-order valence-corrected chi connectivity index (χ0v) is 13.5. The van der Waals surface area contributed by atoms with Gasteiger partial charge in [0.05, 0.1) is 13.2 Å². The standard InChI is InChI=1S/C18H25FO2/c1-5-8-14(4)11-15-12-17(20-9-6-2)18(13-16(15)19)21-10-7-3/h12-14H,6-7,9-11H2,1-4H3. The summed E-state index contributed by atoms with van der Waals surface area (Å²) in [5.74, 6) is 6.88. The second kappa shape index (κ2) is 9.28. The van der Waals surface area contributed by atoms with E-state index in [4.69, 9.17) is 9.47 Å². The molecular formula is C18H25FO2. The fraction of sp³-hybridized carbons (Fsp3) is 0.556. The quantitative estimate of drug-likeness (QED) is 0.652. The number of rotatable bonds is 8. The molecular weight excluding hydrogens is 267 g/mol. The van der Waals surface area contributed by atoms with Crippen LogP contribution >= 0.6 is 0 Å². The lowest BCUT2D eigenvalue weighted by atomic mass is 10.0. The van der Waals surface area contributed by atoms with Crippen molar-refractivity contribution in [2.24, 2.45) is 5.92 Å². The SMILES string of the molecule is CC#CC(C)Cc1cc(OCCC)c(OCCC)cc1F. The van der Waals surface area contributed by atoms with Crippen molar-refractivity contribution in [3.63, 3.8) is 0 Å². The zero-order chi connectivity index (χ0) is 15.7. The Hall–Kier alpha value is -1.69. The fourth-order valence-electron chi connectivity index (χ4n) is 2.01. The van der Waals surface area contributed by atoms with E-state index in [-0.39, 0.29) is 11.7 Å². The van der Waals surface area contributed by atoms with Crippen molar-refractivity contribution in [1.82, 2.24) is 0 Å². The molecule has 1 aromatic carbocycles. The lowest BCUT2D eigenvalue weighted by Gasteiger charge is -2.15. The van der Waals surface area contributed by atoms with Gasteiger partial charge in [-0.3, -0.25) is 0 Å². The Morgan fingerprint density at radius 2 is 1.67 bits per heavy atom. The van der Waals surface area contributed by atoms with Gasteiger partial charge in [-0.05, 0) is 37.8 Å². The maximum atomic E-state index is 14.2. The summed E-state index contributed by atoms with van der Waals surface area (Å²) in [6.45, 7) is 8.99. The molecule has 2 nitrogen and oxygen atoms in total. The predicted octanol–water partition coefficient (Wildman–Crippen LogP) is 4.61. The molecule has 21 heavy (non-hydrogen) atoms. The molecule has 0 radical (unpaired) electrons. The number of hydrogen-bond acceptors (Lipinski definition) is 2. The highest BCUT2D eigenvalue weighted by molar-refractivity contribution is 5.44. The Balaban J connectivity index is 3.00. The van der Waals surface area contributed by atoms with Crippen LogP contribution in [0.5, 0.6) is 11.5 Å². The third-order valence-corrected chi connectivity index (χ3v) is 2.95. The number of halogens is 1. The molecule has 0 aromatic heterocycles. The van der Waals surface area contributed by atoms with Gasteiger partial charge >= 0.3 is 0 Å². The number of ether oxygens (including phenoxy) is 2. The van der Waals surface area contributed by atoms with Crippen molar-refractivity contribution in [3.8, 4) is 23.3 Å². The lowest BCUT2D eigenvalue weighted by molar-refractivity contribution is 0.266. The molecule has 0 saturated carbocycles. The first kappa shape index (κ1) is 17.4. The molecule has 0 bridgehead atoms. The highest BCUT2D eigenvalue weighted by Crippen LogP contribution is 2.31. The molecule has 1 aromatic rings. The molecule has 116 valence electrons. The van der Waals surface area contributed by atoms with Crippen molar-refractivity contribution in [2.75, 3.05) is 13.2 Å². The predicted molar refractivity (Wildman–Crippen MR) is 84.3 cm³/mol. The molecule has 0 N–H and O–H groups in total. The Morgan fingerprint density at radius 1 is 1.10 bits per heavy atom. The van der Waals surface area contributed by atoms with Gasteiger partial charge in [-0.25, -0.2) is 4.39 Å². The van der Waals surface area contributed by atoms with E-state index in [1.165, 1.54) is 6.07 Å². The van der Waals surface area contributed by atoms with Gasteiger partial charge in [0.1, 0.15) is 5.82 Å². The third kappa shape index (κ3) is 5.67. The summed E-state index contributed by atoms with van der Waals surface area (Å²) in [7, 11) is 0. The second-order valence-electron chi connectivity index (χ2n) is 5.09. The first-order chi connectivity index (χ1) is 10.1. The first-order valence-electron chi connectivity index (χ1n) is 7.62. The van der Waals surface area contributed by atoms with Gasteiger partial charge in [0.2, 0.25) is 0 Å². The maximum absolute atomic E-state index is 14.2. The normalized spacial score (nSPS) is 11.5. The average Bonchev–Trinajstić information content (AvgIpc) is 2.46. The van der Waals surface area contributed by atoms with E-state index in [2.05, 4.69) is 11.8 Å². The van der Waals surface area contributed by atoms with Gasteiger partial charge < -0.3 is 9.47 Å². The Labute approximate surface area is 127 Å². The minimum Gasteiger partial charge on any atom is -0.490 e.